The van der Waals surface area contributed by atoms with Crippen LogP contribution in [0.3, 0.4) is 0 Å². The molecule has 0 aliphatic carbocycles. The van der Waals surface area contributed by atoms with Gasteiger partial charge in [-0.2, -0.15) is 0 Å². The second-order valence-corrected chi connectivity index (χ2v) is 6.01. The van der Waals surface area contributed by atoms with E-state index in [9.17, 15) is 0 Å². The molecule has 0 saturated carbocycles. The van der Waals surface area contributed by atoms with Gasteiger partial charge < -0.3 is 15.2 Å². The second kappa shape index (κ2) is 6.00. The van der Waals surface area contributed by atoms with Crippen molar-refractivity contribution in [2.75, 3.05) is 13.4 Å². The van der Waals surface area contributed by atoms with Crippen molar-refractivity contribution in [3.8, 4) is 11.5 Å². The van der Waals surface area contributed by atoms with Crippen molar-refractivity contribution in [2.24, 2.45) is 5.73 Å². The first-order valence-corrected chi connectivity index (χ1v) is 8.18. The summed E-state index contributed by atoms with van der Waals surface area (Å²) in [6, 6.07) is 14.3. The number of hydrogen-bond donors (Lipinski definition) is 1. The molecular formula is C17H19NO2S. The number of nitrogens with two attached hydrogens (primary N) is 1. The Morgan fingerprint density at radius 2 is 1.95 bits per heavy atom. The molecule has 1 aliphatic heterocycles. The van der Waals surface area contributed by atoms with Crippen LogP contribution in [0.2, 0.25) is 0 Å². The van der Waals surface area contributed by atoms with E-state index in [0.29, 0.717) is 0 Å². The number of methoxy groups -OCH3 is 1. The number of rotatable bonds is 3. The molecule has 4 heteroatoms. The third kappa shape index (κ3) is 2.87. The Morgan fingerprint density at radius 3 is 2.62 bits per heavy atom. The lowest BCUT2D eigenvalue weighted by molar-refractivity contribution is 0.161. The average Bonchev–Trinajstić information content (AvgIpc) is 2.54. The summed E-state index contributed by atoms with van der Waals surface area (Å²) in [6.07, 6.45) is 2.86. The highest BCUT2D eigenvalue weighted by Crippen LogP contribution is 2.41. The third-order valence-electron chi connectivity index (χ3n) is 3.85. The lowest BCUT2D eigenvalue weighted by Gasteiger charge is -2.31. The minimum atomic E-state index is -0.00937. The molecule has 0 fully saturated rings. The molecule has 2 aromatic rings. The van der Waals surface area contributed by atoms with Crippen LogP contribution >= 0.6 is 11.8 Å². The Balaban J connectivity index is 1.89. The number of thioether (sulfide) groups is 1. The van der Waals surface area contributed by atoms with Gasteiger partial charge in [-0.15, -0.1) is 11.8 Å². The fourth-order valence-electron chi connectivity index (χ4n) is 2.63. The lowest BCUT2D eigenvalue weighted by Crippen LogP contribution is -2.24. The summed E-state index contributed by atoms with van der Waals surface area (Å²) in [6.45, 7) is 0. The van der Waals surface area contributed by atoms with E-state index in [2.05, 4.69) is 30.5 Å². The fraction of sp³-hybridized carbons (Fsp3) is 0.294. The van der Waals surface area contributed by atoms with Crippen molar-refractivity contribution in [1.82, 2.24) is 0 Å². The van der Waals surface area contributed by atoms with Gasteiger partial charge in [0.15, 0.2) is 0 Å². The topological polar surface area (TPSA) is 44.5 Å². The molecule has 1 heterocycles. The SMILES string of the molecule is COc1ccc2c(c1)OC(c1ccc(SC)cc1)CC2N. The largest absolute Gasteiger partial charge is 0.497 e. The number of hydrogen-bond acceptors (Lipinski definition) is 4. The summed E-state index contributed by atoms with van der Waals surface area (Å²) in [5.74, 6) is 1.62. The zero-order valence-electron chi connectivity index (χ0n) is 12.2. The van der Waals surface area contributed by atoms with Crippen molar-refractivity contribution in [2.45, 2.75) is 23.5 Å². The number of benzene rings is 2. The molecule has 2 atom stereocenters. The van der Waals surface area contributed by atoms with E-state index >= 15 is 0 Å². The van der Waals surface area contributed by atoms with Crippen molar-refractivity contribution in [3.05, 3.63) is 53.6 Å². The Morgan fingerprint density at radius 1 is 1.19 bits per heavy atom. The Hall–Kier alpha value is -1.65. The fourth-order valence-corrected chi connectivity index (χ4v) is 3.04. The van der Waals surface area contributed by atoms with Crippen LogP contribution in [0.1, 0.15) is 29.7 Å². The average molecular weight is 301 g/mol. The van der Waals surface area contributed by atoms with E-state index in [1.807, 2.05) is 18.2 Å². The van der Waals surface area contributed by atoms with E-state index in [-0.39, 0.29) is 12.1 Å². The number of fused-ring (bicyclic) bond motifs is 1. The molecule has 21 heavy (non-hydrogen) atoms. The van der Waals surface area contributed by atoms with Gasteiger partial charge in [0.25, 0.3) is 0 Å². The molecule has 3 nitrogen and oxygen atoms in total. The van der Waals surface area contributed by atoms with Gasteiger partial charge in [0.2, 0.25) is 0 Å². The van der Waals surface area contributed by atoms with E-state index in [1.54, 1.807) is 18.9 Å². The van der Waals surface area contributed by atoms with Crippen LogP contribution < -0.4 is 15.2 Å². The standard InChI is InChI=1S/C17H19NO2S/c1-19-12-5-8-14-15(18)10-16(20-17(14)9-12)11-3-6-13(21-2)7-4-11/h3-9,15-16H,10,18H2,1-2H3. The molecule has 2 unspecified atom stereocenters. The van der Waals surface area contributed by atoms with Gasteiger partial charge in [-0.3, -0.25) is 0 Å². The van der Waals surface area contributed by atoms with Gasteiger partial charge >= 0.3 is 0 Å². The molecule has 0 radical (unpaired) electrons. The summed E-state index contributed by atoms with van der Waals surface area (Å²) in [5, 5.41) is 0. The molecule has 0 aromatic heterocycles. The van der Waals surface area contributed by atoms with Crippen LogP contribution in [-0.2, 0) is 0 Å². The normalized spacial score (nSPS) is 20.5. The van der Waals surface area contributed by atoms with Gasteiger partial charge in [0.05, 0.1) is 7.11 Å². The number of ether oxygens (including phenoxy) is 2. The summed E-state index contributed by atoms with van der Waals surface area (Å²) in [5.41, 5.74) is 8.51. The van der Waals surface area contributed by atoms with Crippen molar-refractivity contribution >= 4 is 11.8 Å². The molecule has 3 rings (SSSR count). The first kappa shape index (κ1) is 14.3. The van der Waals surface area contributed by atoms with Gasteiger partial charge in [-0.05, 0) is 30.0 Å². The van der Waals surface area contributed by atoms with Crippen LogP contribution in [0.15, 0.2) is 47.4 Å². The van der Waals surface area contributed by atoms with Crippen LogP contribution in [0, 0.1) is 0 Å². The maximum atomic E-state index is 6.30. The molecule has 1 aliphatic rings. The maximum absolute atomic E-state index is 6.30. The van der Waals surface area contributed by atoms with Crippen LogP contribution in [0.25, 0.3) is 0 Å². The first-order valence-electron chi connectivity index (χ1n) is 6.95. The predicted molar refractivity (Wildman–Crippen MR) is 86.1 cm³/mol. The molecule has 2 aromatic carbocycles. The Labute approximate surface area is 129 Å². The maximum Gasteiger partial charge on any atom is 0.128 e. The van der Waals surface area contributed by atoms with E-state index in [0.717, 1.165) is 29.0 Å². The summed E-state index contributed by atoms with van der Waals surface area (Å²) >= 11 is 1.74. The lowest BCUT2D eigenvalue weighted by atomic mass is 9.93. The quantitative estimate of drug-likeness (QED) is 0.872. The molecule has 0 amide bonds. The van der Waals surface area contributed by atoms with Gasteiger partial charge in [-0.1, -0.05) is 18.2 Å². The molecule has 110 valence electrons. The molecule has 0 spiro atoms. The van der Waals surface area contributed by atoms with Gasteiger partial charge in [0, 0.05) is 29.0 Å². The smallest absolute Gasteiger partial charge is 0.128 e. The molecule has 0 bridgehead atoms. The van der Waals surface area contributed by atoms with Gasteiger partial charge in [-0.25, -0.2) is 0 Å². The summed E-state index contributed by atoms with van der Waals surface area (Å²) < 4.78 is 11.4. The molecule has 0 saturated heterocycles. The minimum absolute atomic E-state index is 0.00416. The van der Waals surface area contributed by atoms with Crippen LogP contribution in [0.4, 0.5) is 0 Å². The zero-order valence-corrected chi connectivity index (χ0v) is 13.0. The highest BCUT2D eigenvalue weighted by molar-refractivity contribution is 7.98. The second-order valence-electron chi connectivity index (χ2n) is 5.13. The van der Waals surface area contributed by atoms with Crippen LogP contribution in [0.5, 0.6) is 11.5 Å². The first-order chi connectivity index (χ1) is 10.2. The minimum Gasteiger partial charge on any atom is -0.497 e. The van der Waals surface area contributed by atoms with E-state index in [1.165, 1.54) is 4.90 Å². The van der Waals surface area contributed by atoms with Crippen LogP contribution in [-0.4, -0.2) is 13.4 Å². The Kier molecular flexibility index (Phi) is 4.08. The molecular weight excluding hydrogens is 282 g/mol. The third-order valence-corrected chi connectivity index (χ3v) is 4.59. The van der Waals surface area contributed by atoms with Crippen molar-refractivity contribution in [3.63, 3.8) is 0 Å². The Bertz CT molecular complexity index is 627. The van der Waals surface area contributed by atoms with Crippen molar-refractivity contribution in [1.29, 1.82) is 0 Å². The predicted octanol–water partition coefficient (Wildman–Crippen LogP) is 3.94. The highest BCUT2D eigenvalue weighted by Gasteiger charge is 2.27. The monoisotopic (exact) mass is 301 g/mol. The zero-order chi connectivity index (χ0) is 14.8. The summed E-state index contributed by atoms with van der Waals surface area (Å²) in [7, 11) is 1.66. The van der Waals surface area contributed by atoms with Crippen molar-refractivity contribution < 1.29 is 9.47 Å². The van der Waals surface area contributed by atoms with E-state index < -0.39 is 0 Å². The van der Waals surface area contributed by atoms with Gasteiger partial charge in [0.1, 0.15) is 17.6 Å². The molecule has 2 N–H and O–H groups in total. The summed E-state index contributed by atoms with van der Waals surface area (Å²) in [4.78, 5) is 1.25. The highest BCUT2D eigenvalue weighted by atomic mass is 32.2. The van der Waals surface area contributed by atoms with E-state index in [4.69, 9.17) is 15.2 Å².